The van der Waals surface area contributed by atoms with Crippen LogP contribution in [-0.2, 0) is 14.3 Å². The van der Waals surface area contributed by atoms with E-state index in [9.17, 15) is 14.4 Å². The first kappa shape index (κ1) is 35.0. The van der Waals surface area contributed by atoms with Gasteiger partial charge in [0.15, 0.2) is 17.4 Å². The third-order valence-corrected chi connectivity index (χ3v) is 9.53. The maximum Gasteiger partial charge on any atom is 0.407 e. The fourth-order valence-corrected chi connectivity index (χ4v) is 7.10. The molecule has 1 aliphatic carbocycles. The van der Waals surface area contributed by atoms with Gasteiger partial charge in [-0.1, -0.05) is 92.7 Å². The topological polar surface area (TPSA) is 111 Å². The number of aromatic nitrogens is 1. The van der Waals surface area contributed by atoms with Crippen molar-refractivity contribution in [3.63, 3.8) is 0 Å². The van der Waals surface area contributed by atoms with Crippen LogP contribution in [0.15, 0.2) is 89.5 Å². The number of hydrogen-bond acceptors (Lipinski definition) is 6. The summed E-state index contributed by atoms with van der Waals surface area (Å²) in [5.41, 5.74) is 5.45. The van der Waals surface area contributed by atoms with Crippen molar-refractivity contribution >= 4 is 25.7 Å². The summed E-state index contributed by atoms with van der Waals surface area (Å²) in [5.74, 6) is 1.00. The molecule has 0 radical (unpaired) electrons. The minimum atomic E-state index is -0.787. The van der Waals surface area contributed by atoms with E-state index in [0.717, 1.165) is 27.8 Å². The van der Waals surface area contributed by atoms with Crippen LogP contribution >= 0.6 is 7.92 Å². The highest BCUT2D eigenvalue weighted by Gasteiger charge is 2.31. The van der Waals surface area contributed by atoms with Crippen LogP contribution in [0.5, 0.6) is 0 Å². The average Bonchev–Trinajstić information content (AvgIpc) is 3.68. The van der Waals surface area contributed by atoms with Gasteiger partial charge in [-0.05, 0) is 60.8 Å². The second-order valence-electron chi connectivity index (χ2n) is 13.2. The van der Waals surface area contributed by atoms with Gasteiger partial charge in [-0.25, -0.2) is 9.78 Å². The molecule has 0 aliphatic heterocycles. The normalized spacial score (nSPS) is 13.5. The lowest BCUT2D eigenvalue weighted by molar-refractivity contribution is -0.121. The van der Waals surface area contributed by atoms with Gasteiger partial charge >= 0.3 is 6.09 Å². The quantitative estimate of drug-likeness (QED) is 0.0927. The van der Waals surface area contributed by atoms with Gasteiger partial charge in [-0.3, -0.25) is 9.59 Å². The number of oxazole rings is 1. The van der Waals surface area contributed by atoms with Crippen molar-refractivity contribution in [1.82, 2.24) is 15.6 Å². The number of ketones is 1. The molecule has 9 heteroatoms. The van der Waals surface area contributed by atoms with Crippen molar-refractivity contribution < 1.29 is 23.5 Å². The molecular weight excluding hydrogens is 621 g/mol. The minimum Gasteiger partial charge on any atom is -0.449 e. The van der Waals surface area contributed by atoms with Gasteiger partial charge < -0.3 is 19.8 Å². The Morgan fingerprint density at radius 1 is 0.917 bits per heavy atom. The zero-order valence-corrected chi connectivity index (χ0v) is 29.2. The summed E-state index contributed by atoms with van der Waals surface area (Å²) in [6, 6.07) is 25.3. The molecule has 2 atom stereocenters. The lowest BCUT2D eigenvalue weighted by Gasteiger charge is -2.22. The number of nitrogens with one attached hydrogen (secondary N) is 2. The van der Waals surface area contributed by atoms with Crippen LogP contribution in [-0.4, -0.2) is 61.5 Å². The van der Waals surface area contributed by atoms with Gasteiger partial charge in [0.25, 0.3) is 0 Å². The van der Waals surface area contributed by atoms with E-state index in [2.05, 4.69) is 67.1 Å². The number of amides is 2. The van der Waals surface area contributed by atoms with Crippen molar-refractivity contribution in [2.75, 3.05) is 32.6 Å². The van der Waals surface area contributed by atoms with E-state index in [-0.39, 0.29) is 44.5 Å². The standard InChI is InChI=1S/C39H46N3O5P/c1-26(2)21-28(38-41-23-36(47-38)27-13-6-5-7-14-27)22-35(43)34(19-12-20-40-37(44)25-48(3)4)42-39(45)46-24-33-31-17-10-8-15-29(31)30-16-9-11-18-32(30)33/h5-11,13-18,23,26,28,33-34H,12,19-22,24-25H2,1-4H3,(H,40,44)(H,42,45)/t28-,34-/m1/s1. The molecule has 0 saturated carbocycles. The van der Waals surface area contributed by atoms with E-state index in [1.54, 1.807) is 6.20 Å². The molecule has 8 nitrogen and oxygen atoms in total. The molecule has 0 spiro atoms. The van der Waals surface area contributed by atoms with E-state index < -0.39 is 12.1 Å². The van der Waals surface area contributed by atoms with Gasteiger partial charge in [0.05, 0.1) is 12.2 Å². The number of alkyl carbamates (subject to hydrolysis) is 1. The van der Waals surface area contributed by atoms with Crippen molar-refractivity contribution in [3.05, 3.63) is 102 Å². The van der Waals surface area contributed by atoms with Crippen LogP contribution in [0.3, 0.4) is 0 Å². The monoisotopic (exact) mass is 667 g/mol. The fraction of sp³-hybridized carbons (Fsp3) is 0.385. The lowest BCUT2D eigenvalue weighted by Crippen LogP contribution is -2.42. The van der Waals surface area contributed by atoms with Crippen LogP contribution < -0.4 is 10.6 Å². The van der Waals surface area contributed by atoms with E-state index in [4.69, 9.17) is 9.15 Å². The third-order valence-electron chi connectivity index (χ3n) is 8.61. The summed E-state index contributed by atoms with van der Waals surface area (Å²) in [7, 11) is -0.343. The molecule has 48 heavy (non-hydrogen) atoms. The lowest BCUT2D eigenvalue weighted by atomic mass is 9.89. The number of fused-ring (bicyclic) bond motifs is 3. The Morgan fingerprint density at radius 2 is 1.56 bits per heavy atom. The molecule has 5 rings (SSSR count). The Bertz CT molecular complexity index is 1640. The minimum absolute atomic E-state index is 0.00796. The molecule has 0 saturated heterocycles. The number of ether oxygens (including phenoxy) is 1. The van der Waals surface area contributed by atoms with Gasteiger partial charge in [0.2, 0.25) is 5.91 Å². The summed E-state index contributed by atoms with van der Waals surface area (Å²) < 4.78 is 12.0. The zero-order valence-electron chi connectivity index (χ0n) is 28.3. The van der Waals surface area contributed by atoms with E-state index in [0.29, 0.717) is 49.5 Å². The van der Waals surface area contributed by atoms with E-state index >= 15 is 0 Å². The molecule has 1 aliphatic rings. The van der Waals surface area contributed by atoms with Crippen molar-refractivity contribution in [1.29, 1.82) is 0 Å². The first-order valence-electron chi connectivity index (χ1n) is 16.8. The molecule has 2 amide bonds. The molecule has 3 aromatic carbocycles. The molecule has 1 aromatic heterocycles. The first-order valence-corrected chi connectivity index (χ1v) is 19.2. The van der Waals surface area contributed by atoms with Crippen LogP contribution in [0, 0.1) is 5.92 Å². The number of Topliss-reactive ketones (excluding diaryl/α,β-unsaturated/α-hetero) is 1. The SMILES string of the molecule is CC(C)C[C@H](CC(=O)[C@@H](CCCNC(=O)CP(C)C)NC(=O)OCC1c2ccccc2-c2ccccc21)c1ncc(-c2ccccc2)o1. The number of carbonyl (C=O) groups is 3. The summed E-state index contributed by atoms with van der Waals surface area (Å²) in [6.45, 7) is 8.91. The maximum atomic E-state index is 14.0. The predicted octanol–water partition coefficient (Wildman–Crippen LogP) is 7.98. The molecule has 0 bridgehead atoms. The molecule has 0 unspecified atom stereocenters. The van der Waals surface area contributed by atoms with Crippen LogP contribution in [0.2, 0.25) is 0 Å². The Balaban J connectivity index is 1.27. The Morgan fingerprint density at radius 3 is 2.21 bits per heavy atom. The second kappa shape index (κ2) is 16.7. The average molecular weight is 668 g/mol. The molecule has 0 fully saturated rings. The largest absolute Gasteiger partial charge is 0.449 e. The second-order valence-corrected chi connectivity index (χ2v) is 15.7. The fourth-order valence-electron chi connectivity index (χ4n) is 6.41. The Hall–Kier alpha value is -4.29. The molecule has 1 heterocycles. The summed E-state index contributed by atoms with van der Waals surface area (Å²) in [5, 5.41) is 5.83. The van der Waals surface area contributed by atoms with Crippen LogP contribution in [0.1, 0.15) is 68.4 Å². The number of benzene rings is 3. The summed E-state index contributed by atoms with van der Waals surface area (Å²) >= 11 is 0. The van der Waals surface area contributed by atoms with Crippen molar-refractivity contribution in [2.45, 2.75) is 57.4 Å². The number of carbonyl (C=O) groups excluding carboxylic acids is 3. The Labute approximate surface area is 284 Å². The first-order chi connectivity index (χ1) is 23.2. The number of hydrogen-bond donors (Lipinski definition) is 2. The number of rotatable bonds is 16. The summed E-state index contributed by atoms with van der Waals surface area (Å²) in [4.78, 5) is 44.1. The maximum absolute atomic E-state index is 14.0. The molecule has 252 valence electrons. The molecular formula is C39H46N3O5P. The number of nitrogens with zero attached hydrogens (tertiary/aromatic N) is 1. The van der Waals surface area contributed by atoms with Gasteiger partial charge in [-0.15, -0.1) is 7.92 Å². The zero-order chi connectivity index (χ0) is 34.0. The third kappa shape index (κ3) is 9.19. The van der Waals surface area contributed by atoms with Crippen LogP contribution in [0.4, 0.5) is 4.79 Å². The van der Waals surface area contributed by atoms with Gasteiger partial charge in [-0.2, -0.15) is 0 Å². The Kier molecular flexibility index (Phi) is 12.2. The van der Waals surface area contributed by atoms with Crippen molar-refractivity contribution in [2.24, 2.45) is 5.92 Å². The smallest absolute Gasteiger partial charge is 0.407 e. The summed E-state index contributed by atoms with van der Waals surface area (Å²) in [6.07, 6.45) is 3.33. The van der Waals surface area contributed by atoms with Gasteiger partial charge in [0.1, 0.15) is 6.61 Å². The van der Waals surface area contributed by atoms with Gasteiger partial charge in [0, 0.05) is 36.5 Å². The van der Waals surface area contributed by atoms with E-state index in [1.165, 1.54) is 0 Å². The molecule has 2 N–H and O–H groups in total. The van der Waals surface area contributed by atoms with E-state index in [1.807, 2.05) is 54.6 Å². The highest BCUT2D eigenvalue weighted by Crippen LogP contribution is 2.44. The molecule has 4 aromatic rings. The van der Waals surface area contributed by atoms with Crippen molar-refractivity contribution in [3.8, 4) is 22.5 Å². The highest BCUT2D eigenvalue weighted by molar-refractivity contribution is 7.56. The highest BCUT2D eigenvalue weighted by atomic mass is 31.1. The predicted molar refractivity (Wildman–Crippen MR) is 192 cm³/mol. The van der Waals surface area contributed by atoms with Crippen LogP contribution in [0.25, 0.3) is 22.5 Å².